The lowest BCUT2D eigenvalue weighted by atomic mass is 9.97. The third-order valence-electron chi connectivity index (χ3n) is 4.49. The Labute approximate surface area is 130 Å². The second kappa shape index (κ2) is 5.16. The summed E-state index contributed by atoms with van der Waals surface area (Å²) in [6.45, 7) is 2.06. The number of benzene rings is 2. The van der Waals surface area contributed by atoms with Crippen molar-refractivity contribution in [3.8, 4) is 5.75 Å². The summed E-state index contributed by atoms with van der Waals surface area (Å²) in [4.78, 5) is 12.0. The molecule has 112 valence electrons. The van der Waals surface area contributed by atoms with Crippen LogP contribution in [-0.4, -0.2) is 11.8 Å². The number of Topliss-reactive ketones (excluding diaryl/α,β-unsaturated/α-hetero) is 1. The highest BCUT2D eigenvalue weighted by molar-refractivity contribution is 5.85. The summed E-state index contributed by atoms with van der Waals surface area (Å²) in [6, 6.07) is 14.6. The van der Waals surface area contributed by atoms with Gasteiger partial charge in [-0.1, -0.05) is 36.4 Å². The summed E-state index contributed by atoms with van der Waals surface area (Å²) >= 11 is 0. The fraction of sp³-hybridized carbons (Fsp3) is 0.316. The van der Waals surface area contributed by atoms with E-state index in [2.05, 4.69) is 30.4 Å². The van der Waals surface area contributed by atoms with Crippen molar-refractivity contribution in [3.63, 3.8) is 0 Å². The number of fused-ring (bicyclic) bond motifs is 2. The van der Waals surface area contributed by atoms with Gasteiger partial charge in [-0.3, -0.25) is 4.79 Å². The van der Waals surface area contributed by atoms with Gasteiger partial charge in [-0.15, -0.1) is 0 Å². The summed E-state index contributed by atoms with van der Waals surface area (Å²) in [5, 5.41) is 3.52. The minimum absolute atomic E-state index is 0.0280. The molecule has 3 heteroatoms. The Morgan fingerprint density at radius 3 is 2.73 bits per heavy atom. The number of anilines is 1. The first-order valence-corrected chi connectivity index (χ1v) is 7.85. The highest BCUT2D eigenvalue weighted by Gasteiger charge is 2.29. The smallest absolute Gasteiger partial charge is 0.139 e. The van der Waals surface area contributed by atoms with Gasteiger partial charge in [0.2, 0.25) is 0 Å². The lowest BCUT2D eigenvalue weighted by Gasteiger charge is -2.20. The molecule has 3 nitrogen and oxygen atoms in total. The van der Waals surface area contributed by atoms with E-state index in [1.165, 1.54) is 5.56 Å². The van der Waals surface area contributed by atoms with Crippen LogP contribution in [0.3, 0.4) is 0 Å². The molecule has 2 heterocycles. The predicted octanol–water partition coefficient (Wildman–Crippen LogP) is 3.68. The number of ketones is 1. The van der Waals surface area contributed by atoms with Crippen LogP contribution < -0.4 is 10.1 Å². The molecule has 22 heavy (non-hydrogen) atoms. The van der Waals surface area contributed by atoms with Crippen molar-refractivity contribution in [3.05, 3.63) is 59.2 Å². The van der Waals surface area contributed by atoms with Crippen molar-refractivity contribution in [2.75, 3.05) is 5.32 Å². The molecular formula is C19H19NO2. The molecule has 2 aliphatic rings. The Hall–Kier alpha value is -2.29. The van der Waals surface area contributed by atoms with E-state index < -0.39 is 0 Å². The van der Waals surface area contributed by atoms with Gasteiger partial charge < -0.3 is 10.1 Å². The average Bonchev–Trinajstić information content (AvgIpc) is 2.85. The van der Waals surface area contributed by atoms with E-state index in [9.17, 15) is 4.79 Å². The fourth-order valence-corrected chi connectivity index (χ4v) is 3.49. The molecule has 0 saturated heterocycles. The van der Waals surface area contributed by atoms with E-state index in [0.717, 1.165) is 29.0 Å². The van der Waals surface area contributed by atoms with Crippen molar-refractivity contribution in [1.82, 2.24) is 0 Å². The zero-order valence-electron chi connectivity index (χ0n) is 12.6. The molecule has 2 aromatic rings. The zero-order valence-corrected chi connectivity index (χ0v) is 12.6. The van der Waals surface area contributed by atoms with Gasteiger partial charge in [-0.2, -0.15) is 0 Å². The van der Waals surface area contributed by atoms with E-state index in [-0.39, 0.29) is 12.1 Å². The Morgan fingerprint density at radius 2 is 1.86 bits per heavy atom. The van der Waals surface area contributed by atoms with Crippen molar-refractivity contribution in [2.45, 2.75) is 38.3 Å². The maximum absolute atomic E-state index is 12.0. The first kappa shape index (κ1) is 13.4. The van der Waals surface area contributed by atoms with Crippen LogP contribution in [0.2, 0.25) is 0 Å². The van der Waals surface area contributed by atoms with Crippen LogP contribution in [0, 0.1) is 0 Å². The summed E-state index contributed by atoms with van der Waals surface area (Å²) in [5.41, 5.74) is 4.60. The van der Waals surface area contributed by atoms with Gasteiger partial charge in [0.1, 0.15) is 17.6 Å². The van der Waals surface area contributed by atoms with Gasteiger partial charge in [0.05, 0.1) is 0 Å². The molecule has 1 unspecified atom stereocenters. The predicted molar refractivity (Wildman–Crippen MR) is 86.4 cm³/mol. The quantitative estimate of drug-likeness (QED) is 0.871. The van der Waals surface area contributed by atoms with E-state index in [1.54, 1.807) is 0 Å². The molecule has 0 saturated carbocycles. The van der Waals surface area contributed by atoms with Crippen LogP contribution in [0.5, 0.6) is 5.75 Å². The summed E-state index contributed by atoms with van der Waals surface area (Å²) in [6.07, 6.45) is 2.01. The van der Waals surface area contributed by atoms with Gasteiger partial charge in [0.15, 0.2) is 0 Å². The Morgan fingerprint density at radius 1 is 1.05 bits per heavy atom. The molecule has 0 bridgehead atoms. The molecule has 0 aliphatic carbocycles. The number of hydrogen-bond acceptors (Lipinski definition) is 3. The van der Waals surface area contributed by atoms with E-state index in [4.69, 9.17) is 4.74 Å². The number of hydrogen-bond donors (Lipinski definition) is 1. The second-order valence-electron chi connectivity index (χ2n) is 6.26. The molecular weight excluding hydrogens is 274 g/mol. The van der Waals surface area contributed by atoms with Crippen LogP contribution in [0.4, 0.5) is 5.69 Å². The molecule has 4 rings (SSSR count). The molecule has 0 radical (unpaired) electrons. The topological polar surface area (TPSA) is 38.3 Å². The Kier molecular flexibility index (Phi) is 3.14. The first-order valence-electron chi connectivity index (χ1n) is 7.85. The SMILES string of the molecule is C[C@@H]1CC(=O)Cc2cccc(C3Cc4ccccc4O3)c2N1. The standard InChI is InChI=1S/C19H19NO2/c1-12-9-15(21)10-14-6-4-7-16(19(14)20-12)18-11-13-5-2-3-8-17(13)22-18/h2-8,12,18,20H,9-11H2,1H3/t12-,18?/m1/s1. The third-order valence-corrected chi connectivity index (χ3v) is 4.49. The highest BCUT2D eigenvalue weighted by Crippen LogP contribution is 2.40. The number of carbonyl (C=O) groups excluding carboxylic acids is 1. The molecule has 0 spiro atoms. The molecule has 2 atom stereocenters. The molecule has 0 fully saturated rings. The Bertz CT molecular complexity index is 713. The van der Waals surface area contributed by atoms with Crippen LogP contribution >= 0.6 is 0 Å². The lowest BCUT2D eigenvalue weighted by Crippen LogP contribution is -2.18. The molecule has 0 amide bonds. The zero-order chi connectivity index (χ0) is 15.1. The van der Waals surface area contributed by atoms with Crippen molar-refractivity contribution >= 4 is 11.5 Å². The molecule has 0 aromatic heterocycles. The van der Waals surface area contributed by atoms with Crippen molar-refractivity contribution < 1.29 is 9.53 Å². The van der Waals surface area contributed by atoms with E-state index in [0.29, 0.717) is 18.6 Å². The normalized spacial score (nSPS) is 23.0. The van der Waals surface area contributed by atoms with Crippen LogP contribution in [0.1, 0.15) is 36.1 Å². The van der Waals surface area contributed by atoms with Gasteiger partial charge in [0, 0.05) is 36.6 Å². The lowest BCUT2D eigenvalue weighted by molar-refractivity contribution is -0.118. The fourth-order valence-electron chi connectivity index (χ4n) is 3.49. The van der Waals surface area contributed by atoms with Gasteiger partial charge in [-0.05, 0) is 24.1 Å². The van der Waals surface area contributed by atoms with Gasteiger partial charge in [0.25, 0.3) is 0 Å². The van der Waals surface area contributed by atoms with Crippen molar-refractivity contribution in [2.24, 2.45) is 0 Å². The largest absolute Gasteiger partial charge is 0.485 e. The highest BCUT2D eigenvalue weighted by atomic mass is 16.5. The van der Waals surface area contributed by atoms with Gasteiger partial charge in [-0.25, -0.2) is 0 Å². The minimum atomic E-state index is 0.0280. The number of nitrogens with one attached hydrogen (secondary N) is 1. The molecule has 2 aromatic carbocycles. The van der Waals surface area contributed by atoms with Crippen LogP contribution in [0.15, 0.2) is 42.5 Å². The summed E-state index contributed by atoms with van der Waals surface area (Å²) in [5.74, 6) is 1.27. The Balaban J connectivity index is 1.72. The maximum atomic E-state index is 12.0. The number of ether oxygens (including phenoxy) is 1. The van der Waals surface area contributed by atoms with Crippen LogP contribution in [0.25, 0.3) is 0 Å². The van der Waals surface area contributed by atoms with E-state index in [1.807, 2.05) is 24.3 Å². The van der Waals surface area contributed by atoms with E-state index >= 15 is 0 Å². The molecule has 2 aliphatic heterocycles. The summed E-state index contributed by atoms with van der Waals surface area (Å²) in [7, 11) is 0. The summed E-state index contributed by atoms with van der Waals surface area (Å²) < 4.78 is 6.14. The number of carbonyl (C=O) groups is 1. The van der Waals surface area contributed by atoms with Gasteiger partial charge >= 0.3 is 0 Å². The third kappa shape index (κ3) is 2.27. The second-order valence-corrected chi connectivity index (χ2v) is 6.26. The number of rotatable bonds is 1. The monoisotopic (exact) mass is 293 g/mol. The molecule has 1 N–H and O–H groups in total. The number of para-hydroxylation sites is 2. The minimum Gasteiger partial charge on any atom is -0.485 e. The van der Waals surface area contributed by atoms with Crippen LogP contribution in [-0.2, 0) is 17.6 Å². The van der Waals surface area contributed by atoms with Crippen molar-refractivity contribution in [1.29, 1.82) is 0 Å². The average molecular weight is 293 g/mol. The maximum Gasteiger partial charge on any atom is 0.139 e. The first-order chi connectivity index (χ1) is 10.7.